The first kappa shape index (κ1) is 26.1. The summed E-state index contributed by atoms with van der Waals surface area (Å²) in [6.07, 6.45) is 1.49. The minimum atomic E-state index is -0.623. The minimum Gasteiger partial charge on any atom is -0.487 e. The first-order chi connectivity index (χ1) is 16.2. The molecule has 1 N–H and O–H groups in total. The van der Waals surface area contributed by atoms with E-state index in [1.165, 1.54) is 24.3 Å². The number of carbonyl (C=O) groups excluding carboxylic acids is 1. The standard InChI is InChI=1S/C24H16BrI2N3O4/c1-14-3-2-4-15(7-14)13-34-23-20(26)9-16(10-21(23)27)8-17(12-28)24(31)29-22-6-5-18(30(32)33)11-19(22)25/h2-11H,13H2,1H3,(H,29,31)/b17-8+. The molecule has 0 radical (unpaired) electrons. The zero-order chi connectivity index (χ0) is 24.8. The molecule has 0 aromatic heterocycles. The van der Waals surface area contributed by atoms with Crippen LogP contribution in [0.1, 0.15) is 16.7 Å². The smallest absolute Gasteiger partial charge is 0.270 e. The van der Waals surface area contributed by atoms with E-state index >= 15 is 0 Å². The number of nitrogens with one attached hydrogen (secondary N) is 1. The molecule has 3 aromatic carbocycles. The van der Waals surface area contributed by atoms with Gasteiger partial charge in [-0.15, -0.1) is 0 Å². The molecule has 3 rings (SSSR count). The van der Waals surface area contributed by atoms with E-state index in [9.17, 15) is 20.2 Å². The van der Waals surface area contributed by atoms with Gasteiger partial charge in [0.25, 0.3) is 11.6 Å². The number of non-ortho nitro benzene ring substituents is 1. The predicted octanol–water partition coefficient (Wildman–Crippen LogP) is 7.00. The van der Waals surface area contributed by atoms with E-state index in [1.54, 1.807) is 0 Å². The quantitative estimate of drug-likeness (QED) is 0.0923. The Labute approximate surface area is 231 Å². The average Bonchev–Trinajstić information content (AvgIpc) is 2.78. The fourth-order valence-electron chi connectivity index (χ4n) is 2.98. The molecule has 1 amide bonds. The number of nitrogens with zero attached hydrogens (tertiary/aromatic N) is 2. The van der Waals surface area contributed by atoms with Crippen LogP contribution < -0.4 is 10.1 Å². The molecule has 7 nitrogen and oxygen atoms in total. The Bertz CT molecular complexity index is 1330. The summed E-state index contributed by atoms with van der Waals surface area (Å²) in [5.74, 6) is 0.111. The number of nitro benzene ring substituents is 1. The maximum atomic E-state index is 12.7. The second-order valence-corrected chi connectivity index (χ2v) is 10.3. The molecule has 0 heterocycles. The number of amides is 1. The molecule has 10 heteroatoms. The Morgan fingerprint density at radius 1 is 1.21 bits per heavy atom. The van der Waals surface area contributed by atoms with Gasteiger partial charge in [0.1, 0.15) is 24.0 Å². The predicted molar refractivity (Wildman–Crippen MR) is 150 cm³/mol. The van der Waals surface area contributed by atoms with E-state index < -0.39 is 10.8 Å². The lowest BCUT2D eigenvalue weighted by atomic mass is 10.1. The van der Waals surface area contributed by atoms with Crippen molar-refractivity contribution in [3.8, 4) is 11.8 Å². The number of hydrogen-bond donors (Lipinski definition) is 1. The van der Waals surface area contributed by atoms with Gasteiger partial charge in [0.05, 0.1) is 17.8 Å². The molecule has 0 unspecified atom stereocenters. The lowest BCUT2D eigenvalue weighted by Crippen LogP contribution is -2.14. The Kier molecular flexibility index (Phi) is 9.03. The highest BCUT2D eigenvalue weighted by molar-refractivity contribution is 14.1. The number of nitriles is 1. The van der Waals surface area contributed by atoms with Crippen LogP contribution in [-0.2, 0) is 11.4 Å². The number of nitro groups is 1. The van der Waals surface area contributed by atoms with Crippen LogP contribution in [0, 0.1) is 35.5 Å². The normalized spacial score (nSPS) is 11.0. The van der Waals surface area contributed by atoms with Crippen LogP contribution in [0.25, 0.3) is 6.08 Å². The summed E-state index contributed by atoms with van der Waals surface area (Å²) in [5.41, 5.74) is 3.00. The first-order valence-corrected chi connectivity index (χ1v) is 12.7. The highest BCUT2D eigenvalue weighted by Gasteiger charge is 2.15. The molecule has 34 heavy (non-hydrogen) atoms. The molecule has 3 aromatic rings. The highest BCUT2D eigenvalue weighted by atomic mass is 127. The topological polar surface area (TPSA) is 105 Å². The van der Waals surface area contributed by atoms with Gasteiger partial charge in [-0.3, -0.25) is 14.9 Å². The van der Waals surface area contributed by atoms with Crippen molar-refractivity contribution in [1.29, 1.82) is 5.26 Å². The number of anilines is 1. The van der Waals surface area contributed by atoms with Gasteiger partial charge in [0, 0.05) is 16.6 Å². The number of ether oxygens (including phenoxy) is 1. The molecule has 172 valence electrons. The monoisotopic (exact) mass is 743 g/mol. The number of rotatable bonds is 7. The summed E-state index contributed by atoms with van der Waals surface area (Å²) in [4.78, 5) is 23.0. The third kappa shape index (κ3) is 6.77. The largest absolute Gasteiger partial charge is 0.487 e. The summed E-state index contributed by atoms with van der Waals surface area (Å²) in [7, 11) is 0. The van der Waals surface area contributed by atoms with E-state index in [0.717, 1.165) is 24.0 Å². The van der Waals surface area contributed by atoms with Gasteiger partial charge in [0.15, 0.2) is 0 Å². The van der Waals surface area contributed by atoms with Crippen LogP contribution in [0.15, 0.2) is 64.6 Å². The number of carbonyl (C=O) groups is 1. The third-order valence-electron chi connectivity index (χ3n) is 4.57. The van der Waals surface area contributed by atoms with Crippen LogP contribution in [0.2, 0.25) is 0 Å². The summed E-state index contributed by atoms with van der Waals surface area (Å²) in [6, 6.07) is 17.6. The molecule has 0 aliphatic rings. The van der Waals surface area contributed by atoms with Crippen LogP contribution in [0.4, 0.5) is 11.4 Å². The summed E-state index contributed by atoms with van der Waals surface area (Å²) in [5, 5.41) is 23.0. The number of hydrogen-bond acceptors (Lipinski definition) is 5. The molecule has 0 aliphatic carbocycles. The fraction of sp³-hybridized carbons (Fsp3) is 0.0833. The second-order valence-electron chi connectivity index (χ2n) is 7.14. The van der Waals surface area contributed by atoms with Gasteiger partial charge in [-0.05, 0) is 103 Å². The van der Waals surface area contributed by atoms with Gasteiger partial charge in [-0.1, -0.05) is 29.8 Å². The maximum Gasteiger partial charge on any atom is 0.270 e. The summed E-state index contributed by atoms with van der Waals surface area (Å²) < 4.78 is 8.06. The third-order valence-corrected chi connectivity index (χ3v) is 6.83. The highest BCUT2D eigenvalue weighted by Crippen LogP contribution is 2.31. The molecule has 0 aliphatic heterocycles. The molecule has 0 bridgehead atoms. The van der Waals surface area contributed by atoms with Crippen molar-refractivity contribution in [2.24, 2.45) is 0 Å². The van der Waals surface area contributed by atoms with Gasteiger partial charge in [-0.2, -0.15) is 5.26 Å². The van der Waals surface area contributed by atoms with Crippen molar-refractivity contribution in [3.05, 3.63) is 98.6 Å². The fourth-order valence-corrected chi connectivity index (χ4v) is 5.58. The van der Waals surface area contributed by atoms with Crippen molar-refractivity contribution in [2.75, 3.05) is 5.32 Å². The van der Waals surface area contributed by atoms with Crippen LogP contribution >= 0.6 is 61.1 Å². The van der Waals surface area contributed by atoms with E-state index in [1.807, 2.05) is 43.3 Å². The lowest BCUT2D eigenvalue weighted by molar-refractivity contribution is -0.384. The molecule has 0 spiro atoms. The van der Waals surface area contributed by atoms with E-state index in [-0.39, 0.29) is 11.3 Å². The van der Waals surface area contributed by atoms with E-state index in [2.05, 4.69) is 72.5 Å². The Morgan fingerprint density at radius 3 is 2.50 bits per heavy atom. The minimum absolute atomic E-state index is 0.106. The van der Waals surface area contributed by atoms with E-state index in [0.29, 0.717) is 22.3 Å². The summed E-state index contributed by atoms with van der Waals surface area (Å²) in [6.45, 7) is 2.46. The zero-order valence-corrected chi connectivity index (χ0v) is 23.5. The molecular weight excluding hydrogens is 728 g/mol. The van der Waals surface area contributed by atoms with Gasteiger partial charge in [-0.25, -0.2) is 0 Å². The number of benzene rings is 3. The molecule has 0 fully saturated rings. The second kappa shape index (κ2) is 11.8. The zero-order valence-electron chi connectivity index (χ0n) is 17.6. The Hall–Kier alpha value is -2.50. The van der Waals surface area contributed by atoms with Crippen LogP contribution in [-0.4, -0.2) is 10.8 Å². The van der Waals surface area contributed by atoms with Crippen molar-refractivity contribution < 1.29 is 14.5 Å². The lowest BCUT2D eigenvalue weighted by Gasteiger charge is -2.12. The molecule has 0 saturated carbocycles. The van der Waals surface area contributed by atoms with Gasteiger partial charge >= 0.3 is 0 Å². The van der Waals surface area contributed by atoms with Crippen molar-refractivity contribution in [3.63, 3.8) is 0 Å². The molecule has 0 saturated heterocycles. The number of aryl methyl sites for hydroxylation is 1. The van der Waals surface area contributed by atoms with Crippen LogP contribution in [0.3, 0.4) is 0 Å². The summed E-state index contributed by atoms with van der Waals surface area (Å²) >= 11 is 7.54. The maximum absolute atomic E-state index is 12.7. The van der Waals surface area contributed by atoms with Crippen LogP contribution in [0.5, 0.6) is 5.75 Å². The van der Waals surface area contributed by atoms with Gasteiger partial charge in [0.2, 0.25) is 0 Å². The Morgan fingerprint density at radius 2 is 1.91 bits per heavy atom. The SMILES string of the molecule is Cc1cccc(COc2c(I)cc(/C=C(\C#N)C(=O)Nc3ccc([N+](=O)[O-])cc3Br)cc2I)c1. The van der Waals surface area contributed by atoms with Gasteiger partial charge < -0.3 is 10.1 Å². The van der Waals surface area contributed by atoms with Crippen molar-refractivity contribution >= 4 is 84.5 Å². The Balaban J connectivity index is 1.78. The molecule has 0 atom stereocenters. The average molecular weight is 744 g/mol. The molecular formula is C24H16BrI2N3O4. The van der Waals surface area contributed by atoms with Crippen molar-refractivity contribution in [1.82, 2.24) is 0 Å². The van der Waals surface area contributed by atoms with E-state index in [4.69, 9.17) is 4.74 Å². The number of halogens is 3. The van der Waals surface area contributed by atoms with Crippen molar-refractivity contribution in [2.45, 2.75) is 13.5 Å². The first-order valence-electron chi connectivity index (χ1n) is 9.72.